The number of aryl methyl sites for hydroxylation is 1. The van der Waals surface area contributed by atoms with Gasteiger partial charge in [-0.25, -0.2) is 13.2 Å². The van der Waals surface area contributed by atoms with E-state index >= 15 is 0 Å². The Hall–Kier alpha value is -2.10. The van der Waals surface area contributed by atoms with Gasteiger partial charge in [0.25, 0.3) is 0 Å². The molecule has 0 radical (unpaired) electrons. The number of hydrogen-bond donors (Lipinski definition) is 0. The highest BCUT2D eigenvalue weighted by Gasteiger charge is 2.17. The van der Waals surface area contributed by atoms with Crippen molar-refractivity contribution in [3.63, 3.8) is 0 Å². The van der Waals surface area contributed by atoms with Crippen molar-refractivity contribution in [1.82, 2.24) is 0 Å². The van der Waals surface area contributed by atoms with Gasteiger partial charge in [0, 0.05) is 12.0 Å². The maximum atomic E-state index is 13.5. The van der Waals surface area contributed by atoms with Crippen LogP contribution in [0.2, 0.25) is 0 Å². The van der Waals surface area contributed by atoms with Crippen LogP contribution in [0.25, 0.3) is 0 Å². The molecule has 0 unspecified atom stereocenters. The third-order valence-corrected chi connectivity index (χ3v) is 2.82. The van der Waals surface area contributed by atoms with E-state index in [1.54, 1.807) is 6.92 Å². The van der Waals surface area contributed by atoms with Crippen molar-refractivity contribution in [1.29, 1.82) is 0 Å². The second kappa shape index (κ2) is 5.26. The van der Waals surface area contributed by atoms with E-state index in [4.69, 9.17) is 0 Å². The highest BCUT2D eigenvalue weighted by atomic mass is 19.1. The first-order chi connectivity index (χ1) is 8.99. The fourth-order valence-electron chi connectivity index (χ4n) is 1.81. The Morgan fingerprint density at radius 3 is 2.26 bits per heavy atom. The molecule has 2 aromatic rings. The van der Waals surface area contributed by atoms with Crippen LogP contribution in [-0.4, -0.2) is 5.78 Å². The van der Waals surface area contributed by atoms with Gasteiger partial charge in [0.1, 0.15) is 17.5 Å². The molecule has 0 spiro atoms. The topological polar surface area (TPSA) is 17.1 Å². The van der Waals surface area contributed by atoms with Crippen molar-refractivity contribution >= 4 is 5.78 Å². The first-order valence-corrected chi connectivity index (χ1v) is 5.71. The van der Waals surface area contributed by atoms with E-state index in [2.05, 4.69) is 0 Å². The Bertz CT molecular complexity index is 615. The summed E-state index contributed by atoms with van der Waals surface area (Å²) in [7, 11) is 0. The summed E-state index contributed by atoms with van der Waals surface area (Å²) in [6.07, 6.45) is -0.501. The van der Waals surface area contributed by atoms with Crippen molar-refractivity contribution in [2.75, 3.05) is 0 Å². The van der Waals surface area contributed by atoms with Gasteiger partial charge in [-0.2, -0.15) is 0 Å². The minimum atomic E-state index is -0.804. The monoisotopic (exact) mass is 264 g/mol. The summed E-state index contributed by atoms with van der Waals surface area (Å²) < 4.78 is 40.4. The van der Waals surface area contributed by atoms with Crippen LogP contribution in [0.5, 0.6) is 0 Å². The number of halogens is 3. The van der Waals surface area contributed by atoms with E-state index in [0.29, 0.717) is 5.56 Å². The van der Waals surface area contributed by atoms with E-state index in [0.717, 1.165) is 12.1 Å². The fraction of sp³-hybridized carbons (Fsp3) is 0.133. The third kappa shape index (κ3) is 2.84. The van der Waals surface area contributed by atoms with E-state index in [1.807, 2.05) is 0 Å². The van der Waals surface area contributed by atoms with Gasteiger partial charge in [-0.15, -0.1) is 0 Å². The minimum Gasteiger partial charge on any atom is -0.294 e. The van der Waals surface area contributed by atoms with Crippen molar-refractivity contribution in [3.8, 4) is 0 Å². The molecule has 0 aliphatic heterocycles. The minimum absolute atomic E-state index is 0.150. The molecule has 0 atom stereocenters. The van der Waals surface area contributed by atoms with Crippen molar-refractivity contribution in [2.24, 2.45) is 0 Å². The van der Waals surface area contributed by atoms with Gasteiger partial charge in [-0.05, 0) is 31.2 Å². The Labute approximate surface area is 108 Å². The molecule has 0 saturated heterocycles. The van der Waals surface area contributed by atoms with Crippen LogP contribution < -0.4 is 0 Å². The number of Topliss-reactive ketones (excluding diaryl/α,β-unsaturated/α-hetero) is 1. The maximum absolute atomic E-state index is 13.5. The quantitative estimate of drug-likeness (QED) is 0.770. The lowest BCUT2D eigenvalue weighted by Crippen LogP contribution is -2.09. The summed E-state index contributed by atoms with van der Waals surface area (Å²) in [5.41, 5.74) is 0.217. The van der Waals surface area contributed by atoms with E-state index < -0.39 is 29.7 Å². The van der Waals surface area contributed by atoms with Gasteiger partial charge in [-0.3, -0.25) is 4.79 Å². The lowest BCUT2D eigenvalue weighted by Gasteiger charge is -2.06. The fourth-order valence-corrected chi connectivity index (χ4v) is 1.81. The molecule has 0 heterocycles. The smallest absolute Gasteiger partial charge is 0.170 e. The van der Waals surface area contributed by atoms with Crippen LogP contribution in [0, 0.1) is 24.4 Å². The van der Waals surface area contributed by atoms with E-state index in [-0.39, 0.29) is 11.1 Å². The zero-order valence-electron chi connectivity index (χ0n) is 10.2. The molecular weight excluding hydrogens is 253 g/mol. The standard InChI is InChI=1S/C15H11F3O/c1-9-5-6-14(18)11(7-9)15(19)8-10-12(16)3-2-4-13(10)17/h2-7H,8H2,1H3. The second-order valence-electron chi connectivity index (χ2n) is 4.28. The lowest BCUT2D eigenvalue weighted by atomic mass is 10.0. The summed E-state index contributed by atoms with van der Waals surface area (Å²) >= 11 is 0. The molecule has 98 valence electrons. The summed E-state index contributed by atoms with van der Waals surface area (Å²) in [5.74, 6) is -2.94. The Morgan fingerprint density at radius 2 is 1.63 bits per heavy atom. The van der Waals surface area contributed by atoms with Gasteiger partial charge >= 0.3 is 0 Å². The molecule has 2 rings (SSSR count). The summed E-state index contributed by atoms with van der Waals surface area (Å²) in [5, 5.41) is 0. The van der Waals surface area contributed by atoms with Gasteiger partial charge in [0.2, 0.25) is 0 Å². The molecule has 4 heteroatoms. The molecule has 0 bridgehead atoms. The summed E-state index contributed by atoms with van der Waals surface area (Å²) in [6, 6.07) is 7.41. The van der Waals surface area contributed by atoms with Gasteiger partial charge < -0.3 is 0 Å². The van der Waals surface area contributed by atoms with Crippen molar-refractivity contribution in [3.05, 3.63) is 70.5 Å². The largest absolute Gasteiger partial charge is 0.294 e. The van der Waals surface area contributed by atoms with Crippen LogP contribution in [-0.2, 0) is 6.42 Å². The molecule has 0 fully saturated rings. The maximum Gasteiger partial charge on any atom is 0.170 e. The van der Waals surface area contributed by atoms with Gasteiger partial charge in [-0.1, -0.05) is 17.7 Å². The van der Waals surface area contributed by atoms with E-state index in [9.17, 15) is 18.0 Å². The average Bonchev–Trinajstić information content (AvgIpc) is 2.37. The van der Waals surface area contributed by atoms with Crippen molar-refractivity contribution in [2.45, 2.75) is 13.3 Å². The first-order valence-electron chi connectivity index (χ1n) is 5.71. The number of carbonyl (C=O) groups is 1. The molecule has 0 aliphatic carbocycles. The number of hydrogen-bond acceptors (Lipinski definition) is 1. The predicted octanol–water partition coefficient (Wildman–Crippen LogP) is 3.84. The molecule has 0 saturated carbocycles. The first kappa shape index (κ1) is 13.3. The Kier molecular flexibility index (Phi) is 3.69. The Balaban J connectivity index is 2.34. The van der Waals surface area contributed by atoms with Gasteiger partial charge in [0.15, 0.2) is 5.78 Å². The lowest BCUT2D eigenvalue weighted by molar-refractivity contribution is 0.0986. The summed E-state index contributed by atoms with van der Waals surface area (Å²) in [6.45, 7) is 1.71. The van der Waals surface area contributed by atoms with E-state index in [1.165, 1.54) is 24.3 Å². The highest BCUT2D eigenvalue weighted by molar-refractivity contribution is 5.98. The molecule has 0 N–H and O–H groups in total. The van der Waals surface area contributed by atoms with Crippen LogP contribution in [0.3, 0.4) is 0 Å². The molecule has 0 aliphatic rings. The van der Waals surface area contributed by atoms with Gasteiger partial charge in [0.05, 0.1) is 5.56 Å². The van der Waals surface area contributed by atoms with Crippen LogP contribution in [0.4, 0.5) is 13.2 Å². The number of rotatable bonds is 3. The van der Waals surface area contributed by atoms with Crippen LogP contribution >= 0.6 is 0 Å². The highest BCUT2D eigenvalue weighted by Crippen LogP contribution is 2.17. The third-order valence-electron chi connectivity index (χ3n) is 2.82. The molecule has 0 aromatic heterocycles. The number of benzene rings is 2. The molecule has 19 heavy (non-hydrogen) atoms. The number of ketones is 1. The van der Waals surface area contributed by atoms with Crippen molar-refractivity contribution < 1.29 is 18.0 Å². The van der Waals surface area contributed by atoms with Crippen LogP contribution in [0.1, 0.15) is 21.5 Å². The molecule has 2 aromatic carbocycles. The summed E-state index contributed by atoms with van der Waals surface area (Å²) in [4.78, 5) is 11.9. The second-order valence-corrected chi connectivity index (χ2v) is 4.28. The zero-order valence-corrected chi connectivity index (χ0v) is 10.2. The Morgan fingerprint density at radius 1 is 1.00 bits per heavy atom. The average molecular weight is 264 g/mol. The molecule has 0 amide bonds. The normalized spacial score (nSPS) is 10.5. The van der Waals surface area contributed by atoms with Crippen LogP contribution in [0.15, 0.2) is 36.4 Å². The predicted molar refractivity (Wildman–Crippen MR) is 65.5 cm³/mol. The molecule has 1 nitrogen and oxygen atoms in total. The zero-order chi connectivity index (χ0) is 14.0. The molecular formula is C15H11F3O. The number of carbonyl (C=O) groups excluding carboxylic acids is 1. The SMILES string of the molecule is Cc1ccc(F)c(C(=O)Cc2c(F)cccc2F)c1.